The smallest absolute Gasteiger partial charge is 0.155 e. The molecule has 0 saturated carbocycles. The standard InChI is InChI=1S/C17H18ClNO4S/c18-15-7-2-1-4-12(15)9-19(13-5-3-6-14(20)8-13)16-10-24(22,23)11-17(16)21/h1-8,16-17,20-21H,9-11H2/t16-,17+/m0/s1. The Morgan fingerprint density at radius 2 is 1.88 bits per heavy atom. The Hall–Kier alpha value is -1.76. The molecule has 2 aromatic rings. The van der Waals surface area contributed by atoms with E-state index in [1.807, 2.05) is 18.2 Å². The van der Waals surface area contributed by atoms with Crippen LogP contribution in [-0.2, 0) is 16.4 Å². The SMILES string of the molecule is O=S1(=O)C[C@@H](O)[C@@H](N(Cc2ccccc2Cl)c2cccc(O)c2)C1. The number of aliphatic hydroxyl groups is 1. The first-order chi connectivity index (χ1) is 11.4. The summed E-state index contributed by atoms with van der Waals surface area (Å²) >= 11 is 6.23. The first-order valence-corrected chi connectivity index (χ1v) is 9.73. The molecule has 1 aliphatic heterocycles. The van der Waals surface area contributed by atoms with Crippen molar-refractivity contribution < 1.29 is 18.6 Å². The van der Waals surface area contributed by atoms with Gasteiger partial charge in [-0.1, -0.05) is 35.9 Å². The average molecular weight is 368 g/mol. The molecule has 0 spiro atoms. The van der Waals surface area contributed by atoms with E-state index < -0.39 is 22.0 Å². The Balaban J connectivity index is 2.00. The zero-order valence-corrected chi connectivity index (χ0v) is 14.4. The number of phenolic OH excluding ortho intramolecular Hbond substituents is 1. The van der Waals surface area contributed by atoms with Crippen LogP contribution in [0.4, 0.5) is 5.69 Å². The number of rotatable bonds is 4. The van der Waals surface area contributed by atoms with Gasteiger partial charge in [-0.3, -0.25) is 0 Å². The number of benzene rings is 2. The molecule has 2 aromatic carbocycles. The maximum atomic E-state index is 11.9. The summed E-state index contributed by atoms with van der Waals surface area (Å²) in [6.07, 6.45) is -0.986. The van der Waals surface area contributed by atoms with Crippen LogP contribution in [0.5, 0.6) is 5.75 Å². The van der Waals surface area contributed by atoms with Gasteiger partial charge in [-0.05, 0) is 23.8 Å². The number of aromatic hydroxyl groups is 1. The fourth-order valence-electron chi connectivity index (χ4n) is 2.99. The molecule has 5 nitrogen and oxygen atoms in total. The zero-order chi connectivity index (χ0) is 17.3. The van der Waals surface area contributed by atoms with Crippen LogP contribution in [0.1, 0.15) is 5.56 Å². The van der Waals surface area contributed by atoms with Crippen LogP contribution < -0.4 is 4.90 Å². The number of halogens is 1. The van der Waals surface area contributed by atoms with E-state index in [4.69, 9.17) is 11.6 Å². The fraction of sp³-hybridized carbons (Fsp3) is 0.294. The first kappa shape index (κ1) is 17.1. The molecule has 0 aliphatic carbocycles. The third kappa shape index (κ3) is 3.66. The van der Waals surface area contributed by atoms with E-state index in [0.717, 1.165) is 5.56 Å². The highest BCUT2D eigenvalue weighted by Gasteiger charge is 2.40. The molecule has 2 N–H and O–H groups in total. The second-order valence-corrected chi connectivity index (χ2v) is 8.51. The van der Waals surface area contributed by atoms with Crippen LogP contribution in [0.15, 0.2) is 48.5 Å². The van der Waals surface area contributed by atoms with E-state index >= 15 is 0 Å². The van der Waals surface area contributed by atoms with Gasteiger partial charge in [0.15, 0.2) is 9.84 Å². The lowest BCUT2D eigenvalue weighted by molar-refractivity contribution is 0.177. The molecule has 0 amide bonds. The minimum Gasteiger partial charge on any atom is -0.508 e. The molecule has 0 bridgehead atoms. The average Bonchev–Trinajstić information content (AvgIpc) is 2.79. The van der Waals surface area contributed by atoms with Gasteiger partial charge in [0.2, 0.25) is 0 Å². The van der Waals surface area contributed by atoms with E-state index in [1.165, 1.54) is 0 Å². The van der Waals surface area contributed by atoms with Crippen LogP contribution in [0, 0.1) is 0 Å². The van der Waals surface area contributed by atoms with E-state index in [1.54, 1.807) is 35.2 Å². The zero-order valence-electron chi connectivity index (χ0n) is 12.8. The molecule has 0 aromatic heterocycles. The highest BCUT2D eigenvalue weighted by molar-refractivity contribution is 7.91. The maximum absolute atomic E-state index is 11.9. The summed E-state index contributed by atoms with van der Waals surface area (Å²) in [5.74, 6) is -0.309. The number of sulfone groups is 1. The van der Waals surface area contributed by atoms with Crippen LogP contribution in [0.2, 0.25) is 5.02 Å². The minimum atomic E-state index is -3.30. The summed E-state index contributed by atoms with van der Waals surface area (Å²) in [6.45, 7) is 0.334. The van der Waals surface area contributed by atoms with E-state index in [-0.39, 0.29) is 17.3 Å². The largest absolute Gasteiger partial charge is 0.508 e. The molecule has 1 aliphatic rings. The number of hydrogen-bond acceptors (Lipinski definition) is 5. The molecule has 1 heterocycles. The van der Waals surface area contributed by atoms with Crippen molar-refractivity contribution in [3.05, 3.63) is 59.1 Å². The molecule has 0 unspecified atom stereocenters. The third-order valence-corrected chi connectivity index (χ3v) is 6.22. The Bertz CT molecular complexity index is 840. The van der Waals surface area contributed by atoms with Crippen LogP contribution in [-0.4, -0.2) is 42.3 Å². The lowest BCUT2D eigenvalue weighted by Gasteiger charge is -2.32. The van der Waals surface area contributed by atoms with Gasteiger partial charge in [0.1, 0.15) is 5.75 Å². The molecule has 24 heavy (non-hydrogen) atoms. The predicted octanol–water partition coefficient (Wildman–Crippen LogP) is 2.21. The summed E-state index contributed by atoms with van der Waals surface area (Å²) in [5.41, 5.74) is 1.45. The monoisotopic (exact) mass is 367 g/mol. The lowest BCUT2D eigenvalue weighted by atomic mass is 10.1. The van der Waals surface area contributed by atoms with Gasteiger partial charge in [-0.15, -0.1) is 0 Å². The van der Waals surface area contributed by atoms with Gasteiger partial charge in [0.05, 0.1) is 23.7 Å². The summed E-state index contributed by atoms with van der Waals surface area (Å²) in [7, 11) is -3.30. The molecule has 1 fully saturated rings. The quantitative estimate of drug-likeness (QED) is 0.866. The van der Waals surface area contributed by atoms with Crippen molar-refractivity contribution in [3.63, 3.8) is 0 Å². The molecule has 1 saturated heterocycles. The topological polar surface area (TPSA) is 77.8 Å². The lowest BCUT2D eigenvalue weighted by Crippen LogP contribution is -2.43. The van der Waals surface area contributed by atoms with Crippen molar-refractivity contribution >= 4 is 27.1 Å². The van der Waals surface area contributed by atoms with E-state index in [9.17, 15) is 18.6 Å². The molecular formula is C17H18ClNO4S. The maximum Gasteiger partial charge on any atom is 0.155 e. The molecule has 2 atom stereocenters. The second kappa shape index (κ2) is 6.63. The van der Waals surface area contributed by atoms with Crippen molar-refractivity contribution in [1.82, 2.24) is 0 Å². The van der Waals surface area contributed by atoms with Gasteiger partial charge in [-0.2, -0.15) is 0 Å². The number of aliphatic hydroxyl groups excluding tert-OH is 1. The van der Waals surface area contributed by atoms with Crippen molar-refractivity contribution in [2.75, 3.05) is 16.4 Å². The normalized spacial score (nSPS) is 22.4. The Labute approximate surface area is 146 Å². The molecule has 128 valence electrons. The Kier molecular flexibility index (Phi) is 4.71. The third-order valence-electron chi connectivity index (χ3n) is 4.15. The predicted molar refractivity (Wildman–Crippen MR) is 94.2 cm³/mol. The summed E-state index contributed by atoms with van der Waals surface area (Å²) in [4.78, 5) is 1.79. The first-order valence-electron chi connectivity index (χ1n) is 7.53. The minimum absolute atomic E-state index is 0.0759. The molecular weight excluding hydrogens is 350 g/mol. The number of phenols is 1. The van der Waals surface area contributed by atoms with Crippen molar-refractivity contribution in [3.8, 4) is 5.75 Å². The van der Waals surface area contributed by atoms with Crippen molar-refractivity contribution in [2.45, 2.75) is 18.7 Å². The number of anilines is 1. The second-order valence-electron chi connectivity index (χ2n) is 5.95. The highest BCUT2D eigenvalue weighted by Crippen LogP contribution is 2.30. The van der Waals surface area contributed by atoms with E-state index in [2.05, 4.69) is 0 Å². The summed E-state index contributed by atoms with van der Waals surface area (Å²) in [6, 6.07) is 13.2. The Morgan fingerprint density at radius 1 is 1.12 bits per heavy atom. The fourth-order valence-corrected chi connectivity index (χ4v) is 4.99. The molecule has 3 rings (SSSR count). The van der Waals surface area contributed by atoms with Gasteiger partial charge in [0, 0.05) is 23.3 Å². The Morgan fingerprint density at radius 3 is 2.50 bits per heavy atom. The van der Waals surface area contributed by atoms with Gasteiger partial charge in [-0.25, -0.2) is 8.42 Å². The number of hydrogen-bond donors (Lipinski definition) is 2. The van der Waals surface area contributed by atoms with Crippen LogP contribution >= 0.6 is 11.6 Å². The molecule has 7 heteroatoms. The summed E-state index contributed by atoms with van der Waals surface area (Å²) in [5, 5.41) is 20.6. The van der Waals surface area contributed by atoms with Gasteiger partial charge in [0.25, 0.3) is 0 Å². The van der Waals surface area contributed by atoms with Crippen LogP contribution in [0.3, 0.4) is 0 Å². The molecule has 0 radical (unpaired) electrons. The van der Waals surface area contributed by atoms with Crippen molar-refractivity contribution in [2.24, 2.45) is 0 Å². The van der Waals surface area contributed by atoms with Gasteiger partial charge < -0.3 is 15.1 Å². The summed E-state index contributed by atoms with van der Waals surface area (Å²) < 4.78 is 23.8. The highest BCUT2D eigenvalue weighted by atomic mass is 35.5. The van der Waals surface area contributed by atoms with Crippen LogP contribution in [0.25, 0.3) is 0 Å². The van der Waals surface area contributed by atoms with Gasteiger partial charge >= 0.3 is 0 Å². The van der Waals surface area contributed by atoms with Crippen molar-refractivity contribution in [1.29, 1.82) is 0 Å². The number of nitrogens with zero attached hydrogens (tertiary/aromatic N) is 1. The van der Waals surface area contributed by atoms with E-state index in [0.29, 0.717) is 17.3 Å².